The van der Waals surface area contributed by atoms with Gasteiger partial charge in [0.25, 0.3) is 5.56 Å². The molecule has 2 aromatic heterocycles. The van der Waals surface area contributed by atoms with Gasteiger partial charge in [-0.15, -0.1) is 0 Å². The molecule has 0 unspecified atom stereocenters. The smallest absolute Gasteiger partial charge is 0.267 e. The molecule has 0 radical (unpaired) electrons. The van der Waals surface area contributed by atoms with Crippen LogP contribution in [-0.4, -0.2) is 27.2 Å². The van der Waals surface area contributed by atoms with Crippen LogP contribution in [0.15, 0.2) is 65.7 Å². The molecule has 1 amide bonds. The topological polar surface area (TPSA) is 76.9 Å². The third-order valence-corrected chi connectivity index (χ3v) is 3.99. The van der Waals surface area contributed by atoms with E-state index in [1.807, 2.05) is 43.3 Å². The van der Waals surface area contributed by atoms with Gasteiger partial charge in [-0.3, -0.25) is 14.6 Å². The van der Waals surface area contributed by atoms with E-state index >= 15 is 0 Å². The molecule has 0 saturated heterocycles. The number of hydrogen-bond acceptors (Lipinski definition) is 4. The highest BCUT2D eigenvalue weighted by atomic mass is 16.2. The van der Waals surface area contributed by atoms with E-state index in [0.29, 0.717) is 18.7 Å². The molecule has 6 heteroatoms. The van der Waals surface area contributed by atoms with Crippen molar-refractivity contribution >= 4 is 5.91 Å². The molecule has 6 nitrogen and oxygen atoms in total. The van der Waals surface area contributed by atoms with Gasteiger partial charge in [0.2, 0.25) is 5.91 Å². The molecule has 2 heterocycles. The van der Waals surface area contributed by atoms with E-state index in [1.54, 1.807) is 18.5 Å². The molecule has 0 atom stereocenters. The van der Waals surface area contributed by atoms with Crippen LogP contribution in [0.5, 0.6) is 0 Å². The van der Waals surface area contributed by atoms with Crippen LogP contribution in [0, 0.1) is 6.92 Å². The minimum atomic E-state index is -0.301. The van der Waals surface area contributed by atoms with Gasteiger partial charge in [0, 0.05) is 30.6 Å². The fraction of sp³-hybridized carbons (Fsp3) is 0.200. The number of aromatic nitrogens is 3. The van der Waals surface area contributed by atoms with Gasteiger partial charge in [0.1, 0.15) is 6.54 Å². The molecule has 1 N–H and O–H groups in total. The van der Waals surface area contributed by atoms with E-state index < -0.39 is 0 Å². The van der Waals surface area contributed by atoms with Crippen LogP contribution < -0.4 is 10.9 Å². The lowest BCUT2D eigenvalue weighted by molar-refractivity contribution is -0.121. The van der Waals surface area contributed by atoms with E-state index in [2.05, 4.69) is 15.4 Å². The predicted octanol–water partition coefficient (Wildman–Crippen LogP) is 1.97. The lowest BCUT2D eigenvalue weighted by Gasteiger charge is -2.08. The Labute approximate surface area is 151 Å². The Balaban J connectivity index is 1.63. The number of nitrogens with one attached hydrogen (secondary N) is 1. The SMILES string of the molecule is Cc1ccc(-c2ccc(=O)n(CC(=O)NCCc3ccncc3)n2)cc1. The van der Waals surface area contributed by atoms with Gasteiger partial charge in [-0.25, -0.2) is 4.68 Å². The first kappa shape index (κ1) is 17.5. The first-order chi connectivity index (χ1) is 12.6. The van der Waals surface area contributed by atoms with Crippen LogP contribution in [0.3, 0.4) is 0 Å². The average molecular weight is 348 g/mol. The molecular formula is C20H20N4O2. The number of hydrogen-bond donors (Lipinski definition) is 1. The number of aryl methyl sites for hydroxylation is 1. The standard InChI is InChI=1S/C20H20N4O2/c1-15-2-4-17(5-3-15)18-6-7-20(26)24(23-18)14-19(25)22-13-10-16-8-11-21-12-9-16/h2-9,11-12H,10,13-14H2,1H3,(H,22,25). The summed E-state index contributed by atoms with van der Waals surface area (Å²) in [6.45, 7) is 2.40. The van der Waals surface area contributed by atoms with Crippen molar-refractivity contribution in [3.63, 3.8) is 0 Å². The monoisotopic (exact) mass is 348 g/mol. The van der Waals surface area contributed by atoms with Gasteiger partial charge in [-0.05, 0) is 37.1 Å². The summed E-state index contributed by atoms with van der Waals surface area (Å²) >= 11 is 0. The molecule has 0 fully saturated rings. The second-order valence-corrected chi connectivity index (χ2v) is 6.04. The fourth-order valence-electron chi connectivity index (χ4n) is 2.53. The lowest BCUT2D eigenvalue weighted by atomic mass is 10.1. The Bertz CT molecular complexity index is 934. The molecule has 1 aromatic carbocycles. The zero-order valence-electron chi connectivity index (χ0n) is 14.6. The van der Waals surface area contributed by atoms with E-state index in [9.17, 15) is 9.59 Å². The minimum Gasteiger partial charge on any atom is -0.354 e. The maximum Gasteiger partial charge on any atom is 0.267 e. The Hall–Kier alpha value is -3.28. The van der Waals surface area contributed by atoms with Crippen molar-refractivity contribution in [3.8, 4) is 11.3 Å². The van der Waals surface area contributed by atoms with Crippen LogP contribution in [0.2, 0.25) is 0 Å². The Morgan fingerprint density at radius 3 is 2.50 bits per heavy atom. The predicted molar refractivity (Wildman–Crippen MR) is 99.6 cm³/mol. The van der Waals surface area contributed by atoms with Crippen LogP contribution in [0.25, 0.3) is 11.3 Å². The highest BCUT2D eigenvalue weighted by Crippen LogP contribution is 2.15. The number of benzene rings is 1. The van der Waals surface area contributed by atoms with Crippen molar-refractivity contribution in [1.29, 1.82) is 0 Å². The maximum absolute atomic E-state index is 12.1. The normalized spacial score (nSPS) is 10.5. The van der Waals surface area contributed by atoms with Gasteiger partial charge in [-0.2, -0.15) is 5.10 Å². The van der Waals surface area contributed by atoms with Crippen molar-refractivity contribution in [3.05, 3.63) is 82.4 Å². The zero-order chi connectivity index (χ0) is 18.4. The summed E-state index contributed by atoms with van der Waals surface area (Å²) in [6.07, 6.45) is 4.15. The number of pyridine rings is 1. The second kappa shape index (κ2) is 8.20. The molecule has 132 valence electrons. The number of carbonyl (C=O) groups is 1. The van der Waals surface area contributed by atoms with Crippen LogP contribution >= 0.6 is 0 Å². The van der Waals surface area contributed by atoms with Crippen molar-refractivity contribution in [2.75, 3.05) is 6.54 Å². The van der Waals surface area contributed by atoms with Gasteiger partial charge in [0.05, 0.1) is 5.69 Å². The van der Waals surface area contributed by atoms with Crippen molar-refractivity contribution in [2.45, 2.75) is 19.9 Å². The largest absolute Gasteiger partial charge is 0.354 e. The van der Waals surface area contributed by atoms with Crippen molar-refractivity contribution in [1.82, 2.24) is 20.1 Å². The summed E-state index contributed by atoms with van der Waals surface area (Å²) < 4.78 is 1.19. The number of nitrogens with zero attached hydrogens (tertiary/aromatic N) is 3. The maximum atomic E-state index is 12.1. The summed E-state index contributed by atoms with van der Waals surface area (Å²) in [5, 5.41) is 7.13. The molecule has 26 heavy (non-hydrogen) atoms. The average Bonchev–Trinajstić information content (AvgIpc) is 2.65. The highest BCUT2D eigenvalue weighted by molar-refractivity contribution is 5.75. The highest BCUT2D eigenvalue weighted by Gasteiger charge is 2.08. The molecule has 0 aliphatic carbocycles. The first-order valence-electron chi connectivity index (χ1n) is 8.42. The Morgan fingerprint density at radius 1 is 1.04 bits per heavy atom. The Morgan fingerprint density at radius 2 is 1.77 bits per heavy atom. The first-order valence-corrected chi connectivity index (χ1v) is 8.42. The van der Waals surface area contributed by atoms with Gasteiger partial charge in [-0.1, -0.05) is 29.8 Å². The van der Waals surface area contributed by atoms with E-state index in [4.69, 9.17) is 0 Å². The third-order valence-electron chi connectivity index (χ3n) is 3.99. The van der Waals surface area contributed by atoms with Crippen LogP contribution in [0.1, 0.15) is 11.1 Å². The number of rotatable bonds is 6. The summed E-state index contributed by atoms with van der Waals surface area (Å²) in [7, 11) is 0. The number of amides is 1. The van der Waals surface area contributed by atoms with E-state index in [1.165, 1.54) is 10.7 Å². The third kappa shape index (κ3) is 4.63. The van der Waals surface area contributed by atoms with Gasteiger partial charge in [0.15, 0.2) is 0 Å². The molecule has 0 saturated carbocycles. The summed E-state index contributed by atoms with van der Waals surface area (Å²) in [4.78, 5) is 28.1. The summed E-state index contributed by atoms with van der Waals surface area (Å²) in [5.41, 5.74) is 3.51. The summed E-state index contributed by atoms with van der Waals surface area (Å²) in [5.74, 6) is -0.241. The quantitative estimate of drug-likeness (QED) is 0.739. The molecule has 3 rings (SSSR count). The summed E-state index contributed by atoms with van der Waals surface area (Å²) in [6, 6.07) is 14.8. The van der Waals surface area contributed by atoms with Crippen molar-refractivity contribution < 1.29 is 4.79 Å². The minimum absolute atomic E-state index is 0.102. The van der Waals surface area contributed by atoms with Gasteiger partial charge < -0.3 is 5.32 Å². The molecule has 0 aliphatic rings. The van der Waals surface area contributed by atoms with Crippen LogP contribution in [0.4, 0.5) is 0 Å². The zero-order valence-corrected chi connectivity index (χ0v) is 14.6. The van der Waals surface area contributed by atoms with E-state index in [-0.39, 0.29) is 18.0 Å². The fourth-order valence-corrected chi connectivity index (χ4v) is 2.53. The van der Waals surface area contributed by atoms with Crippen LogP contribution in [-0.2, 0) is 17.8 Å². The number of carbonyl (C=O) groups excluding carboxylic acids is 1. The van der Waals surface area contributed by atoms with E-state index in [0.717, 1.165) is 16.7 Å². The second-order valence-electron chi connectivity index (χ2n) is 6.04. The van der Waals surface area contributed by atoms with Gasteiger partial charge >= 0.3 is 0 Å². The lowest BCUT2D eigenvalue weighted by Crippen LogP contribution is -2.34. The molecule has 0 spiro atoms. The Kier molecular flexibility index (Phi) is 5.53. The molecule has 0 bridgehead atoms. The van der Waals surface area contributed by atoms with Crippen molar-refractivity contribution in [2.24, 2.45) is 0 Å². The molecule has 0 aliphatic heterocycles. The molecule has 3 aromatic rings. The molecular weight excluding hydrogens is 328 g/mol.